The number of hydrazine groups is 1. The van der Waals surface area contributed by atoms with Gasteiger partial charge in [-0.15, -0.1) is 0 Å². The van der Waals surface area contributed by atoms with Gasteiger partial charge in [-0.2, -0.15) is 0 Å². The average Bonchev–Trinajstić information content (AvgIpc) is 2.25. The molecule has 5 heteroatoms. The summed E-state index contributed by atoms with van der Waals surface area (Å²) in [7, 11) is 0. The summed E-state index contributed by atoms with van der Waals surface area (Å²) in [6, 6.07) is 4.33. The van der Waals surface area contributed by atoms with Crippen molar-refractivity contribution >= 4 is 5.91 Å². The Morgan fingerprint density at radius 3 is 2.93 bits per heavy atom. The minimum atomic E-state index is -0.553. The first-order valence-corrected chi connectivity index (χ1v) is 4.26. The predicted molar refractivity (Wildman–Crippen MR) is 55.5 cm³/mol. The van der Waals surface area contributed by atoms with E-state index in [4.69, 9.17) is 10.6 Å². The van der Waals surface area contributed by atoms with Crippen LogP contribution < -0.4 is 16.0 Å². The highest BCUT2D eigenvalue weighted by Crippen LogP contribution is 2.23. The molecule has 1 aromatic carbocycles. The highest BCUT2D eigenvalue weighted by molar-refractivity contribution is 5.96. The number of carbonyl (C=O) groups is 1. The van der Waals surface area contributed by atoms with Gasteiger partial charge >= 0.3 is 0 Å². The van der Waals surface area contributed by atoms with E-state index >= 15 is 0 Å². The van der Waals surface area contributed by atoms with E-state index in [2.05, 4.69) is 6.58 Å². The van der Waals surface area contributed by atoms with Gasteiger partial charge < -0.3 is 9.84 Å². The molecule has 0 fully saturated rings. The van der Waals surface area contributed by atoms with Crippen molar-refractivity contribution in [1.29, 1.82) is 0 Å². The van der Waals surface area contributed by atoms with Crippen molar-refractivity contribution in [3.05, 3.63) is 36.4 Å². The molecule has 15 heavy (non-hydrogen) atoms. The molecule has 0 aliphatic rings. The maximum atomic E-state index is 11.1. The molecule has 0 radical (unpaired) electrons. The zero-order valence-corrected chi connectivity index (χ0v) is 8.06. The van der Waals surface area contributed by atoms with Crippen LogP contribution in [0.1, 0.15) is 10.4 Å². The number of phenolic OH excluding ortho intramolecular Hbond substituents is 1. The predicted octanol–water partition coefficient (Wildman–Crippen LogP) is 0.560. The number of hydrogen-bond acceptors (Lipinski definition) is 4. The Labute approximate surface area is 87.1 Å². The molecular weight excluding hydrogens is 196 g/mol. The summed E-state index contributed by atoms with van der Waals surface area (Å²) < 4.78 is 5.16. The van der Waals surface area contributed by atoms with Crippen LogP contribution in [0.5, 0.6) is 11.5 Å². The molecule has 4 N–H and O–H groups in total. The number of nitrogens with one attached hydrogen (secondary N) is 1. The van der Waals surface area contributed by atoms with E-state index in [1.807, 2.05) is 5.43 Å². The van der Waals surface area contributed by atoms with Crippen LogP contribution in [0.4, 0.5) is 0 Å². The van der Waals surface area contributed by atoms with Gasteiger partial charge in [0.15, 0.2) is 0 Å². The van der Waals surface area contributed by atoms with E-state index in [-0.39, 0.29) is 11.3 Å². The highest BCUT2D eigenvalue weighted by Gasteiger charge is 2.10. The van der Waals surface area contributed by atoms with Crippen molar-refractivity contribution in [2.75, 3.05) is 6.61 Å². The number of benzene rings is 1. The van der Waals surface area contributed by atoms with E-state index in [1.54, 1.807) is 12.1 Å². The van der Waals surface area contributed by atoms with E-state index in [9.17, 15) is 9.90 Å². The lowest BCUT2D eigenvalue weighted by Gasteiger charge is -2.06. The number of nitrogens with two attached hydrogens (primary N) is 1. The van der Waals surface area contributed by atoms with Crippen LogP contribution in [0.3, 0.4) is 0 Å². The number of carbonyl (C=O) groups excluding carboxylic acids is 1. The van der Waals surface area contributed by atoms with E-state index in [1.165, 1.54) is 12.1 Å². The molecule has 0 spiro atoms. The monoisotopic (exact) mass is 208 g/mol. The third kappa shape index (κ3) is 2.72. The number of rotatable bonds is 4. The summed E-state index contributed by atoms with van der Waals surface area (Å²) in [5.74, 6) is 4.66. The fourth-order valence-corrected chi connectivity index (χ4v) is 1.03. The molecule has 1 rings (SSSR count). The van der Waals surface area contributed by atoms with Gasteiger partial charge in [-0.25, -0.2) is 5.84 Å². The summed E-state index contributed by atoms with van der Waals surface area (Å²) in [5.41, 5.74) is 2.03. The van der Waals surface area contributed by atoms with Gasteiger partial charge in [0.1, 0.15) is 18.1 Å². The number of hydrogen-bond donors (Lipinski definition) is 3. The lowest BCUT2D eigenvalue weighted by Crippen LogP contribution is -2.29. The van der Waals surface area contributed by atoms with Gasteiger partial charge in [0.25, 0.3) is 5.91 Å². The van der Waals surface area contributed by atoms with Crippen LogP contribution in [0.15, 0.2) is 30.9 Å². The SMILES string of the molecule is C=CCOc1ccc(C(=O)NN)c(O)c1. The number of aromatic hydroxyl groups is 1. The van der Waals surface area contributed by atoms with Crippen LogP contribution >= 0.6 is 0 Å². The molecule has 0 aromatic heterocycles. The van der Waals surface area contributed by atoms with Crippen LogP contribution in [-0.2, 0) is 0 Å². The molecule has 0 atom stereocenters. The minimum Gasteiger partial charge on any atom is -0.507 e. The van der Waals surface area contributed by atoms with Gasteiger partial charge in [-0.3, -0.25) is 10.2 Å². The Hall–Kier alpha value is -2.01. The van der Waals surface area contributed by atoms with Crippen LogP contribution in [0.2, 0.25) is 0 Å². The van der Waals surface area contributed by atoms with E-state index < -0.39 is 5.91 Å². The minimum absolute atomic E-state index is 0.100. The standard InChI is InChI=1S/C10H12N2O3/c1-2-5-15-7-3-4-8(9(13)6-7)10(14)12-11/h2-4,6,13H,1,5,11H2,(H,12,14). The van der Waals surface area contributed by atoms with Crippen molar-refractivity contribution in [3.63, 3.8) is 0 Å². The summed E-state index contributed by atoms with van der Waals surface area (Å²) in [6.45, 7) is 3.82. The first kappa shape index (κ1) is 11.1. The topological polar surface area (TPSA) is 84.6 Å². The van der Waals surface area contributed by atoms with Crippen molar-refractivity contribution in [2.24, 2.45) is 5.84 Å². The van der Waals surface area contributed by atoms with Gasteiger partial charge in [0.05, 0.1) is 5.56 Å². The fraction of sp³-hybridized carbons (Fsp3) is 0.100. The van der Waals surface area contributed by atoms with E-state index in [0.29, 0.717) is 12.4 Å². The second kappa shape index (κ2) is 5.02. The Morgan fingerprint density at radius 1 is 1.67 bits per heavy atom. The quantitative estimate of drug-likeness (QED) is 0.292. The molecule has 5 nitrogen and oxygen atoms in total. The van der Waals surface area contributed by atoms with E-state index in [0.717, 1.165) is 0 Å². The lowest BCUT2D eigenvalue weighted by atomic mass is 10.2. The summed E-state index contributed by atoms with van der Waals surface area (Å²) in [6.07, 6.45) is 1.58. The molecule has 1 amide bonds. The molecule has 80 valence electrons. The van der Waals surface area contributed by atoms with Gasteiger partial charge in [0, 0.05) is 6.07 Å². The number of nitrogen functional groups attached to an aromatic ring is 1. The molecule has 0 saturated heterocycles. The molecule has 0 bridgehead atoms. The second-order valence-corrected chi connectivity index (χ2v) is 2.75. The van der Waals surface area contributed by atoms with Gasteiger partial charge in [-0.05, 0) is 12.1 Å². The van der Waals surface area contributed by atoms with Crippen molar-refractivity contribution < 1.29 is 14.6 Å². The third-order valence-corrected chi connectivity index (χ3v) is 1.71. The molecule has 0 unspecified atom stereocenters. The summed E-state index contributed by atoms with van der Waals surface area (Å²) >= 11 is 0. The van der Waals surface area contributed by atoms with Crippen molar-refractivity contribution in [2.45, 2.75) is 0 Å². The van der Waals surface area contributed by atoms with Gasteiger partial charge in [0.2, 0.25) is 0 Å². The first-order valence-electron chi connectivity index (χ1n) is 4.26. The van der Waals surface area contributed by atoms with Gasteiger partial charge in [-0.1, -0.05) is 12.7 Å². The zero-order valence-electron chi connectivity index (χ0n) is 8.06. The number of amides is 1. The average molecular weight is 208 g/mol. The summed E-state index contributed by atoms with van der Waals surface area (Å²) in [4.78, 5) is 11.1. The van der Waals surface area contributed by atoms with Crippen LogP contribution in [0, 0.1) is 0 Å². The molecule has 1 aromatic rings. The molecule has 0 aliphatic heterocycles. The smallest absolute Gasteiger partial charge is 0.268 e. The summed E-state index contributed by atoms with van der Waals surface area (Å²) in [5, 5.41) is 9.47. The van der Waals surface area contributed by atoms with Crippen molar-refractivity contribution in [1.82, 2.24) is 5.43 Å². The number of ether oxygens (including phenoxy) is 1. The fourth-order valence-electron chi connectivity index (χ4n) is 1.03. The maximum absolute atomic E-state index is 11.1. The lowest BCUT2D eigenvalue weighted by molar-refractivity contribution is 0.0951. The normalized spacial score (nSPS) is 9.40. The Morgan fingerprint density at radius 2 is 2.40 bits per heavy atom. The zero-order chi connectivity index (χ0) is 11.3. The molecular formula is C10H12N2O3. The molecule has 0 heterocycles. The van der Waals surface area contributed by atoms with Crippen LogP contribution in [-0.4, -0.2) is 17.6 Å². The largest absolute Gasteiger partial charge is 0.507 e. The second-order valence-electron chi connectivity index (χ2n) is 2.75. The maximum Gasteiger partial charge on any atom is 0.268 e. The Balaban J connectivity index is 2.87. The molecule has 0 aliphatic carbocycles. The van der Waals surface area contributed by atoms with Crippen molar-refractivity contribution in [3.8, 4) is 11.5 Å². The number of phenols is 1. The molecule has 0 saturated carbocycles. The Bertz CT molecular complexity index is 377. The third-order valence-electron chi connectivity index (χ3n) is 1.71. The van der Waals surface area contributed by atoms with Crippen LogP contribution in [0.25, 0.3) is 0 Å². The highest BCUT2D eigenvalue weighted by atomic mass is 16.5. The first-order chi connectivity index (χ1) is 7.19. The Kier molecular flexibility index (Phi) is 3.70.